The van der Waals surface area contributed by atoms with Crippen LogP contribution in [0.1, 0.15) is 15.9 Å². The number of carbonyl (C=O) groups is 2. The molecule has 0 spiro atoms. The molecular weight excluding hydrogens is 412 g/mol. The smallest absolute Gasteiger partial charge is 0.336 e. The first-order valence-electron chi connectivity index (χ1n) is 9.83. The number of esters is 1. The number of amides is 1. The van der Waals surface area contributed by atoms with Crippen molar-refractivity contribution in [3.63, 3.8) is 0 Å². The van der Waals surface area contributed by atoms with E-state index in [4.69, 9.17) is 13.9 Å². The maximum Gasteiger partial charge on any atom is 0.336 e. The van der Waals surface area contributed by atoms with E-state index in [9.17, 15) is 14.4 Å². The Labute approximate surface area is 182 Å². The number of methoxy groups -OCH3 is 2. The quantitative estimate of drug-likeness (QED) is 0.369. The van der Waals surface area contributed by atoms with Crippen molar-refractivity contribution in [1.29, 1.82) is 0 Å². The van der Waals surface area contributed by atoms with Crippen molar-refractivity contribution >= 4 is 33.7 Å². The number of pyridine rings is 1. The van der Waals surface area contributed by atoms with Gasteiger partial charge < -0.3 is 19.2 Å². The normalized spacial score (nSPS) is 11.8. The van der Waals surface area contributed by atoms with Gasteiger partial charge in [0.1, 0.15) is 17.4 Å². The first-order chi connectivity index (χ1) is 15.5. The molecule has 0 bridgehead atoms. The van der Waals surface area contributed by atoms with E-state index in [2.05, 4.69) is 10.3 Å². The maximum absolute atomic E-state index is 13.0. The Kier molecular flexibility index (Phi) is 5.85. The van der Waals surface area contributed by atoms with Gasteiger partial charge in [-0.3, -0.25) is 9.78 Å². The van der Waals surface area contributed by atoms with Gasteiger partial charge in [-0.1, -0.05) is 18.2 Å². The van der Waals surface area contributed by atoms with Crippen molar-refractivity contribution in [3.05, 3.63) is 82.3 Å². The molecule has 32 heavy (non-hydrogen) atoms. The van der Waals surface area contributed by atoms with Crippen molar-refractivity contribution < 1.29 is 23.5 Å². The fraction of sp³-hybridized carbons (Fsp3) is 0.167. The molecule has 1 amide bonds. The Hall–Kier alpha value is -4.20. The van der Waals surface area contributed by atoms with E-state index < -0.39 is 23.5 Å². The van der Waals surface area contributed by atoms with Crippen LogP contribution in [-0.4, -0.2) is 37.1 Å². The summed E-state index contributed by atoms with van der Waals surface area (Å²) in [6, 6.07) is 14.2. The van der Waals surface area contributed by atoms with Crippen molar-refractivity contribution in [2.75, 3.05) is 14.2 Å². The molecule has 2 aromatic heterocycles. The van der Waals surface area contributed by atoms with Crippen LogP contribution in [0, 0.1) is 0 Å². The number of nitrogens with one attached hydrogen (secondary N) is 1. The Morgan fingerprint density at radius 3 is 2.69 bits per heavy atom. The molecule has 0 unspecified atom stereocenters. The number of fused-ring (bicyclic) bond motifs is 2. The van der Waals surface area contributed by atoms with Crippen LogP contribution in [0.3, 0.4) is 0 Å². The minimum atomic E-state index is -1.03. The van der Waals surface area contributed by atoms with Gasteiger partial charge >= 0.3 is 11.6 Å². The molecule has 0 fully saturated rings. The van der Waals surface area contributed by atoms with Crippen LogP contribution >= 0.6 is 0 Å². The Bertz CT molecular complexity index is 1370. The molecule has 1 N–H and O–H groups in total. The summed E-state index contributed by atoms with van der Waals surface area (Å²) in [4.78, 5) is 41.9. The highest BCUT2D eigenvalue weighted by Gasteiger charge is 2.25. The second kappa shape index (κ2) is 8.89. The lowest BCUT2D eigenvalue weighted by molar-refractivity contribution is -0.142. The molecule has 2 heterocycles. The average molecular weight is 432 g/mol. The first kappa shape index (κ1) is 21.0. The van der Waals surface area contributed by atoms with E-state index in [1.807, 2.05) is 12.1 Å². The van der Waals surface area contributed by atoms with E-state index in [1.54, 1.807) is 42.6 Å². The summed E-state index contributed by atoms with van der Waals surface area (Å²) in [5.74, 6) is -0.584. The van der Waals surface area contributed by atoms with Crippen molar-refractivity contribution in [3.8, 4) is 5.75 Å². The summed E-state index contributed by atoms with van der Waals surface area (Å²) >= 11 is 0. The number of nitrogens with zero attached hydrogens (tertiary/aromatic N) is 1. The zero-order chi connectivity index (χ0) is 22.7. The molecule has 8 nitrogen and oxygen atoms in total. The van der Waals surface area contributed by atoms with Gasteiger partial charge in [0.25, 0.3) is 5.91 Å². The van der Waals surface area contributed by atoms with Gasteiger partial charge in [0.15, 0.2) is 0 Å². The minimum absolute atomic E-state index is 0.0328. The molecule has 4 rings (SSSR count). The summed E-state index contributed by atoms with van der Waals surface area (Å²) in [6.45, 7) is 0. The van der Waals surface area contributed by atoms with Gasteiger partial charge in [-0.15, -0.1) is 0 Å². The summed E-state index contributed by atoms with van der Waals surface area (Å²) in [7, 11) is 2.75. The predicted octanol–water partition coefficient (Wildman–Crippen LogP) is 2.86. The van der Waals surface area contributed by atoms with E-state index >= 15 is 0 Å². The molecule has 0 aliphatic carbocycles. The number of carbonyl (C=O) groups excluding carboxylic acids is 2. The summed E-state index contributed by atoms with van der Waals surface area (Å²) < 4.78 is 15.3. The van der Waals surface area contributed by atoms with Crippen LogP contribution in [0.25, 0.3) is 21.9 Å². The van der Waals surface area contributed by atoms with Crippen molar-refractivity contribution in [2.45, 2.75) is 12.5 Å². The number of aromatic nitrogens is 1. The van der Waals surface area contributed by atoms with Gasteiger partial charge in [-0.2, -0.15) is 0 Å². The summed E-state index contributed by atoms with van der Waals surface area (Å²) in [6.07, 6.45) is 1.63. The lowest BCUT2D eigenvalue weighted by atomic mass is 10.0. The number of rotatable bonds is 6. The van der Waals surface area contributed by atoms with Gasteiger partial charge in [0, 0.05) is 35.5 Å². The number of hydrogen-bond donors (Lipinski definition) is 1. The molecule has 0 saturated heterocycles. The minimum Gasteiger partial charge on any atom is -0.497 e. The number of para-hydroxylation sites is 1. The highest BCUT2D eigenvalue weighted by molar-refractivity contribution is 6.06. The van der Waals surface area contributed by atoms with Crippen LogP contribution in [0.4, 0.5) is 0 Å². The molecule has 1 atom stereocenters. The maximum atomic E-state index is 13.0. The lowest BCUT2D eigenvalue weighted by Crippen LogP contribution is -2.43. The van der Waals surface area contributed by atoms with Crippen LogP contribution in [0.5, 0.6) is 5.75 Å². The monoisotopic (exact) mass is 432 g/mol. The number of benzene rings is 2. The number of ether oxygens (including phenoxy) is 2. The SMILES string of the molecule is COC(=O)[C@@H](Cc1cc(=O)oc2cc(OC)ccc12)NC(=O)c1cccc2cccnc12. The molecule has 4 aromatic rings. The predicted molar refractivity (Wildman–Crippen MR) is 118 cm³/mol. The second-order valence-corrected chi connectivity index (χ2v) is 7.09. The second-order valence-electron chi connectivity index (χ2n) is 7.09. The Morgan fingerprint density at radius 1 is 1.09 bits per heavy atom. The van der Waals surface area contributed by atoms with Gasteiger partial charge in [0.2, 0.25) is 0 Å². The molecule has 0 radical (unpaired) electrons. The zero-order valence-corrected chi connectivity index (χ0v) is 17.5. The molecule has 0 saturated carbocycles. The fourth-order valence-electron chi connectivity index (χ4n) is 3.58. The highest BCUT2D eigenvalue weighted by Crippen LogP contribution is 2.24. The first-order valence-corrected chi connectivity index (χ1v) is 9.83. The molecule has 8 heteroatoms. The third-order valence-corrected chi connectivity index (χ3v) is 5.13. The lowest BCUT2D eigenvalue weighted by Gasteiger charge is -2.18. The third-order valence-electron chi connectivity index (χ3n) is 5.13. The summed E-state index contributed by atoms with van der Waals surface area (Å²) in [5.41, 5.74) is 1.13. The van der Waals surface area contributed by atoms with Gasteiger partial charge in [-0.05, 0) is 29.8 Å². The zero-order valence-electron chi connectivity index (χ0n) is 17.5. The van der Waals surface area contributed by atoms with Crippen LogP contribution in [-0.2, 0) is 16.0 Å². The third kappa shape index (κ3) is 4.15. The van der Waals surface area contributed by atoms with Crippen LogP contribution in [0.15, 0.2) is 70.0 Å². The van der Waals surface area contributed by atoms with Crippen molar-refractivity contribution in [2.24, 2.45) is 0 Å². The molecule has 2 aromatic carbocycles. The molecule has 162 valence electrons. The van der Waals surface area contributed by atoms with Gasteiger partial charge in [-0.25, -0.2) is 9.59 Å². The number of hydrogen-bond acceptors (Lipinski definition) is 7. The van der Waals surface area contributed by atoms with Crippen LogP contribution in [0.2, 0.25) is 0 Å². The fourth-order valence-corrected chi connectivity index (χ4v) is 3.58. The summed E-state index contributed by atoms with van der Waals surface area (Å²) in [5, 5.41) is 4.15. The molecular formula is C24H20N2O6. The Balaban J connectivity index is 1.69. The standard InChI is InChI=1S/C24H20N2O6/c1-30-16-8-9-17-15(12-21(27)32-20(17)13-16)11-19(24(29)31-2)26-23(28)18-7-3-5-14-6-4-10-25-22(14)18/h3-10,12-13,19H,11H2,1-2H3,(H,26,28)/t19-/m1/s1. The van der Waals surface area contributed by atoms with E-state index in [0.717, 1.165) is 5.39 Å². The van der Waals surface area contributed by atoms with E-state index in [1.165, 1.54) is 20.3 Å². The molecule has 0 aliphatic heterocycles. The molecule has 0 aliphatic rings. The Morgan fingerprint density at radius 2 is 1.91 bits per heavy atom. The van der Waals surface area contributed by atoms with Crippen molar-refractivity contribution in [1.82, 2.24) is 10.3 Å². The highest BCUT2D eigenvalue weighted by atomic mass is 16.5. The van der Waals surface area contributed by atoms with E-state index in [-0.39, 0.29) is 6.42 Å². The van der Waals surface area contributed by atoms with E-state index in [0.29, 0.717) is 33.4 Å². The van der Waals surface area contributed by atoms with Crippen LogP contribution < -0.4 is 15.7 Å². The van der Waals surface area contributed by atoms with Gasteiger partial charge in [0.05, 0.1) is 25.3 Å². The topological polar surface area (TPSA) is 108 Å². The average Bonchev–Trinajstić information content (AvgIpc) is 2.82. The largest absolute Gasteiger partial charge is 0.497 e.